The van der Waals surface area contributed by atoms with Crippen LogP contribution >= 0.6 is 5.69 Å². The third kappa shape index (κ3) is 40.4. The molecule has 0 saturated heterocycles. The average molecular weight is 334 g/mol. The van der Waals surface area contributed by atoms with Crippen molar-refractivity contribution in [1.29, 1.82) is 0 Å². The standard InChI is InChI=1S/H3O2PS2.Pb/c1-3(2,4)5;/h(H3,1,2,4,5);/p-3. The van der Waals surface area contributed by atoms with Crippen LogP contribution in [0.3, 0.4) is 0 Å². The Balaban J connectivity index is 0. The number of hydrogen-bond acceptors (Lipinski definition) is 4. The quantitative estimate of drug-likeness (QED) is 0.295. The van der Waals surface area contributed by atoms with Gasteiger partial charge in [0, 0.05) is 27.3 Å². The van der Waals surface area contributed by atoms with E-state index >= 15 is 0 Å². The van der Waals surface area contributed by atoms with Crippen LogP contribution in [-0.4, -0.2) is 27.3 Å². The van der Waals surface area contributed by atoms with E-state index in [9.17, 15) is 9.79 Å². The van der Waals surface area contributed by atoms with Crippen molar-refractivity contribution in [1.82, 2.24) is 0 Å². The van der Waals surface area contributed by atoms with Gasteiger partial charge in [-0.05, 0) is 0 Å². The Morgan fingerprint density at radius 1 is 1.50 bits per heavy atom. The molecule has 0 amide bonds. The Hall–Kier alpha value is 1.84. The molecule has 0 aliphatic rings. The molecule has 2 nitrogen and oxygen atoms in total. The molecule has 0 aromatic rings. The Bertz CT molecular complexity index is 57.7. The van der Waals surface area contributed by atoms with Crippen LogP contribution in [0.1, 0.15) is 0 Å². The summed E-state index contributed by atoms with van der Waals surface area (Å²) in [4.78, 5) is 18.6. The SMILES string of the molecule is [O-]P([O-])(=S)[S-].[Pb]. The van der Waals surface area contributed by atoms with Crippen molar-refractivity contribution in [3.05, 3.63) is 0 Å². The molecular weight excluding hydrogens is 334 g/mol. The molecule has 36 valence electrons. The molecule has 0 aromatic heterocycles. The van der Waals surface area contributed by atoms with Gasteiger partial charge in [0.1, 0.15) is 0 Å². The fourth-order valence-corrected chi connectivity index (χ4v) is 0. The van der Waals surface area contributed by atoms with E-state index in [-0.39, 0.29) is 27.3 Å². The molecular formula is O2PPbS2-3. The van der Waals surface area contributed by atoms with Gasteiger partial charge in [0.2, 0.25) is 0 Å². The van der Waals surface area contributed by atoms with E-state index in [1.54, 1.807) is 0 Å². The Morgan fingerprint density at radius 2 is 1.50 bits per heavy atom. The first-order valence-electron chi connectivity index (χ1n) is 0.730. The molecule has 0 aliphatic heterocycles. The van der Waals surface area contributed by atoms with Crippen LogP contribution in [0.5, 0.6) is 0 Å². The zero-order chi connectivity index (χ0) is 4.50. The Labute approximate surface area is 66.4 Å². The van der Waals surface area contributed by atoms with Gasteiger partial charge in [0.05, 0.1) is 0 Å². The van der Waals surface area contributed by atoms with Crippen LogP contribution in [0.2, 0.25) is 0 Å². The zero-order valence-corrected chi connectivity index (χ0v) is 9.00. The molecule has 0 fully saturated rings. The van der Waals surface area contributed by atoms with Gasteiger partial charge in [-0.25, -0.2) is 0 Å². The van der Waals surface area contributed by atoms with Gasteiger partial charge in [-0.1, -0.05) is 0 Å². The van der Waals surface area contributed by atoms with Crippen LogP contribution in [0.15, 0.2) is 0 Å². The van der Waals surface area contributed by atoms with Gasteiger partial charge in [-0.3, -0.25) is 0 Å². The molecule has 0 aliphatic carbocycles. The van der Waals surface area contributed by atoms with Gasteiger partial charge in [-0.15, -0.1) is 0 Å². The first kappa shape index (κ1) is 10.8. The van der Waals surface area contributed by atoms with Crippen molar-refractivity contribution in [2.24, 2.45) is 0 Å². The minimum atomic E-state index is -3.72. The summed E-state index contributed by atoms with van der Waals surface area (Å²) in [5.41, 5.74) is -3.72. The molecule has 4 radical (unpaired) electrons. The first-order chi connectivity index (χ1) is 2.00. The molecule has 0 bridgehead atoms. The van der Waals surface area contributed by atoms with Crippen molar-refractivity contribution in [2.75, 3.05) is 0 Å². The maximum atomic E-state index is 9.29. The maximum Gasteiger partial charge on any atom is 0 e. The van der Waals surface area contributed by atoms with Crippen molar-refractivity contribution in [3.8, 4) is 0 Å². The van der Waals surface area contributed by atoms with Crippen LogP contribution in [0.4, 0.5) is 0 Å². The fourth-order valence-electron chi connectivity index (χ4n) is 0. The largest absolute Gasteiger partial charge is 0.850 e. The summed E-state index contributed by atoms with van der Waals surface area (Å²) in [6, 6.07) is 0. The van der Waals surface area contributed by atoms with E-state index in [0.717, 1.165) is 0 Å². The summed E-state index contributed by atoms with van der Waals surface area (Å²) in [5.74, 6) is 0. The second-order valence-electron chi connectivity index (χ2n) is 0.447. The van der Waals surface area contributed by atoms with E-state index < -0.39 is 5.69 Å². The van der Waals surface area contributed by atoms with Crippen molar-refractivity contribution in [3.63, 3.8) is 0 Å². The molecule has 6 heavy (non-hydrogen) atoms. The smallest absolute Gasteiger partial charge is 0 e. The molecule has 6 heteroatoms. The van der Waals surface area contributed by atoms with Gasteiger partial charge >= 0.3 is 0 Å². The predicted molar refractivity (Wildman–Crippen MR) is 27.4 cm³/mol. The van der Waals surface area contributed by atoms with Gasteiger partial charge < -0.3 is 27.7 Å². The fraction of sp³-hybridized carbons (Fsp3) is 0. The molecule has 0 aromatic carbocycles. The van der Waals surface area contributed by atoms with E-state index in [1.165, 1.54) is 0 Å². The predicted octanol–water partition coefficient (Wildman–Crippen LogP) is -1.90. The molecule has 0 atom stereocenters. The average Bonchev–Trinajstić information content (AvgIpc) is 0.722. The van der Waals surface area contributed by atoms with Gasteiger partial charge in [0.15, 0.2) is 0 Å². The zero-order valence-electron chi connectivity index (χ0n) is 2.58. The summed E-state index contributed by atoms with van der Waals surface area (Å²) >= 11 is 7.28. The second kappa shape index (κ2) is 3.80. The minimum Gasteiger partial charge on any atom is -0.850 e. The van der Waals surface area contributed by atoms with E-state index in [4.69, 9.17) is 0 Å². The topological polar surface area (TPSA) is 46.1 Å². The summed E-state index contributed by atoms with van der Waals surface area (Å²) in [5, 5.41) is 0. The van der Waals surface area contributed by atoms with Crippen LogP contribution in [0, 0.1) is 0 Å². The molecule has 0 spiro atoms. The summed E-state index contributed by atoms with van der Waals surface area (Å²) in [7, 11) is 0. The molecule has 0 unspecified atom stereocenters. The maximum absolute atomic E-state index is 9.29. The summed E-state index contributed by atoms with van der Waals surface area (Å²) in [6.45, 7) is 0. The van der Waals surface area contributed by atoms with E-state index in [1.807, 2.05) is 0 Å². The third-order valence-electron chi connectivity index (χ3n) is 0. The summed E-state index contributed by atoms with van der Waals surface area (Å²) < 4.78 is 0. The number of hydrogen-bond donors (Lipinski definition) is 0. The molecule has 0 saturated carbocycles. The van der Waals surface area contributed by atoms with E-state index in [0.29, 0.717) is 0 Å². The normalized spacial score (nSPS) is 9.83. The van der Waals surface area contributed by atoms with Crippen LogP contribution in [0.25, 0.3) is 0 Å². The minimum absolute atomic E-state index is 0. The van der Waals surface area contributed by atoms with Crippen molar-refractivity contribution >= 4 is 57.0 Å². The number of rotatable bonds is 0. The monoisotopic (exact) mass is 335 g/mol. The first-order valence-corrected chi connectivity index (χ1v) is 4.38. The van der Waals surface area contributed by atoms with Crippen molar-refractivity contribution < 1.29 is 9.79 Å². The van der Waals surface area contributed by atoms with Gasteiger partial charge in [0.25, 0.3) is 0 Å². The second-order valence-corrected chi connectivity index (χ2v) is 4.92. The van der Waals surface area contributed by atoms with E-state index in [2.05, 4.69) is 24.1 Å². The molecule has 0 N–H and O–H groups in total. The molecule has 0 heterocycles. The van der Waals surface area contributed by atoms with Crippen LogP contribution in [-0.2, 0) is 24.1 Å². The van der Waals surface area contributed by atoms with Crippen molar-refractivity contribution in [2.45, 2.75) is 0 Å². The molecule has 0 rings (SSSR count). The third-order valence-corrected chi connectivity index (χ3v) is 0. The Kier molecular flexibility index (Phi) is 6.81. The van der Waals surface area contributed by atoms with Gasteiger partial charge in [-0.2, -0.15) is 11.8 Å². The Morgan fingerprint density at radius 3 is 1.50 bits per heavy atom. The van der Waals surface area contributed by atoms with Crippen LogP contribution < -0.4 is 9.79 Å². The summed E-state index contributed by atoms with van der Waals surface area (Å²) in [6.07, 6.45) is 0.